The van der Waals surface area contributed by atoms with Gasteiger partial charge in [-0.25, -0.2) is 4.39 Å². The molecule has 0 radical (unpaired) electrons. The molecular weight excluding hydrogens is 413 g/mol. The standard InChI is InChI=1S/C16H14BrClFN5O/c1-10-5-6-20-24(10)9-15(25)21-16-12(17)8-23(22-16)7-11-13(18)3-2-4-14(11)19/h2-6,8H,7,9H2,1H3,(H,21,22,25). The summed E-state index contributed by atoms with van der Waals surface area (Å²) >= 11 is 9.37. The van der Waals surface area contributed by atoms with E-state index in [1.165, 1.54) is 10.7 Å². The van der Waals surface area contributed by atoms with Crippen molar-refractivity contribution in [1.82, 2.24) is 19.6 Å². The third kappa shape index (κ3) is 4.08. The number of rotatable bonds is 5. The molecule has 6 nitrogen and oxygen atoms in total. The van der Waals surface area contributed by atoms with Gasteiger partial charge in [0, 0.05) is 28.7 Å². The van der Waals surface area contributed by atoms with Crippen molar-refractivity contribution in [2.45, 2.75) is 20.0 Å². The monoisotopic (exact) mass is 425 g/mol. The molecule has 25 heavy (non-hydrogen) atoms. The zero-order chi connectivity index (χ0) is 18.0. The lowest BCUT2D eigenvalue weighted by Crippen LogP contribution is -2.20. The molecule has 130 valence electrons. The summed E-state index contributed by atoms with van der Waals surface area (Å²) in [6.07, 6.45) is 3.28. The molecule has 0 aliphatic rings. The van der Waals surface area contributed by atoms with Crippen molar-refractivity contribution in [3.05, 3.63) is 63.2 Å². The van der Waals surface area contributed by atoms with Crippen LogP contribution in [0.15, 0.2) is 41.1 Å². The van der Waals surface area contributed by atoms with Crippen LogP contribution in [0, 0.1) is 12.7 Å². The normalized spacial score (nSPS) is 10.9. The number of amides is 1. The molecule has 1 N–H and O–H groups in total. The third-order valence-corrected chi connectivity index (χ3v) is 4.51. The van der Waals surface area contributed by atoms with Gasteiger partial charge in [0.1, 0.15) is 12.4 Å². The van der Waals surface area contributed by atoms with Gasteiger partial charge in [0.15, 0.2) is 5.82 Å². The summed E-state index contributed by atoms with van der Waals surface area (Å²) in [5, 5.41) is 11.4. The highest BCUT2D eigenvalue weighted by Gasteiger charge is 2.14. The lowest BCUT2D eigenvalue weighted by molar-refractivity contribution is -0.117. The van der Waals surface area contributed by atoms with Crippen molar-refractivity contribution in [1.29, 1.82) is 0 Å². The molecule has 0 aliphatic heterocycles. The van der Waals surface area contributed by atoms with Gasteiger partial charge in [-0.1, -0.05) is 17.7 Å². The molecule has 9 heteroatoms. The lowest BCUT2D eigenvalue weighted by atomic mass is 10.2. The number of aryl methyl sites for hydroxylation is 1. The predicted octanol–water partition coefficient (Wildman–Crippen LogP) is 3.63. The van der Waals surface area contributed by atoms with E-state index in [4.69, 9.17) is 11.6 Å². The fourth-order valence-electron chi connectivity index (χ4n) is 2.28. The topological polar surface area (TPSA) is 64.7 Å². The maximum absolute atomic E-state index is 13.9. The minimum atomic E-state index is -0.404. The minimum Gasteiger partial charge on any atom is -0.307 e. The van der Waals surface area contributed by atoms with Gasteiger partial charge in [-0.2, -0.15) is 10.2 Å². The van der Waals surface area contributed by atoms with E-state index in [1.54, 1.807) is 29.2 Å². The first-order valence-corrected chi connectivity index (χ1v) is 8.55. The highest BCUT2D eigenvalue weighted by atomic mass is 79.9. The van der Waals surface area contributed by atoms with E-state index < -0.39 is 5.82 Å². The van der Waals surface area contributed by atoms with E-state index in [2.05, 4.69) is 31.4 Å². The number of hydrogen-bond acceptors (Lipinski definition) is 3. The van der Waals surface area contributed by atoms with Crippen LogP contribution in [0.3, 0.4) is 0 Å². The third-order valence-electron chi connectivity index (χ3n) is 3.58. The molecule has 0 fully saturated rings. The lowest BCUT2D eigenvalue weighted by Gasteiger charge is -2.06. The number of carbonyl (C=O) groups is 1. The van der Waals surface area contributed by atoms with Gasteiger partial charge in [0.25, 0.3) is 0 Å². The Balaban J connectivity index is 1.72. The van der Waals surface area contributed by atoms with Crippen LogP contribution >= 0.6 is 27.5 Å². The van der Waals surface area contributed by atoms with Crippen LogP contribution < -0.4 is 5.32 Å². The zero-order valence-electron chi connectivity index (χ0n) is 13.2. The summed E-state index contributed by atoms with van der Waals surface area (Å²) in [4.78, 5) is 12.1. The molecule has 3 rings (SSSR count). The number of nitrogens with one attached hydrogen (secondary N) is 1. The second-order valence-electron chi connectivity index (χ2n) is 5.40. The summed E-state index contributed by atoms with van der Waals surface area (Å²) < 4.78 is 17.6. The van der Waals surface area contributed by atoms with E-state index >= 15 is 0 Å². The van der Waals surface area contributed by atoms with Crippen LogP contribution in [0.5, 0.6) is 0 Å². The maximum atomic E-state index is 13.9. The van der Waals surface area contributed by atoms with Gasteiger partial charge in [-0.15, -0.1) is 0 Å². The van der Waals surface area contributed by atoms with Crippen LogP contribution in [-0.2, 0) is 17.9 Å². The van der Waals surface area contributed by atoms with Gasteiger partial charge in [-0.3, -0.25) is 14.2 Å². The quantitative estimate of drug-likeness (QED) is 0.677. The molecule has 0 spiro atoms. The van der Waals surface area contributed by atoms with Crippen LogP contribution in [0.1, 0.15) is 11.3 Å². The number of benzene rings is 1. The van der Waals surface area contributed by atoms with Crippen molar-refractivity contribution in [2.24, 2.45) is 0 Å². The van der Waals surface area contributed by atoms with Gasteiger partial charge in [0.05, 0.1) is 11.0 Å². The van der Waals surface area contributed by atoms with Crippen molar-refractivity contribution in [3.63, 3.8) is 0 Å². The summed E-state index contributed by atoms with van der Waals surface area (Å²) in [6.45, 7) is 2.10. The van der Waals surface area contributed by atoms with Gasteiger partial charge >= 0.3 is 0 Å². The summed E-state index contributed by atoms with van der Waals surface area (Å²) in [5.41, 5.74) is 1.22. The molecule has 0 aliphatic carbocycles. The average Bonchev–Trinajstić information content (AvgIpc) is 3.10. The Morgan fingerprint density at radius 1 is 1.40 bits per heavy atom. The fourth-order valence-corrected chi connectivity index (χ4v) is 2.92. The van der Waals surface area contributed by atoms with E-state index in [9.17, 15) is 9.18 Å². The maximum Gasteiger partial charge on any atom is 0.247 e. The predicted molar refractivity (Wildman–Crippen MR) is 96.0 cm³/mol. The van der Waals surface area contributed by atoms with Gasteiger partial charge in [-0.05, 0) is 41.1 Å². The summed E-state index contributed by atoms with van der Waals surface area (Å²) in [7, 11) is 0. The molecular formula is C16H14BrClFN5O. The molecule has 0 unspecified atom stereocenters. The second-order valence-corrected chi connectivity index (χ2v) is 6.66. The molecule has 1 amide bonds. The van der Waals surface area contributed by atoms with E-state index in [1.807, 2.05) is 13.0 Å². The Morgan fingerprint density at radius 2 is 2.20 bits per heavy atom. The number of carbonyl (C=O) groups excluding carboxylic acids is 1. The number of nitrogens with zero attached hydrogens (tertiary/aromatic N) is 4. The number of hydrogen-bond donors (Lipinski definition) is 1. The first-order chi connectivity index (χ1) is 11.9. The average molecular weight is 427 g/mol. The Bertz CT molecular complexity index is 903. The smallest absolute Gasteiger partial charge is 0.247 e. The summed E-state index contributed by atoms with van der Waals surface area (Å²) in [6, 6.07) is 6.32. The highest BCUT2D eigenvalue weighted by Crippen LogP contribution is 2.24. The van der Waals surface area contributed by atoms with Crippen molar-refractivity contribution in [2.75, 3.05) is 5.32 Å². The molecule has 0 saturated carbocycles. The van der Waals surface area contributed by atoms with Crippen molar-refractivity contribution < 1.29 is 9.18 Å². The summed E-state index contributed by atoms with van der Waals surface area (Å²) in [5.74, 6) is -0.317. The number of anilines is 1. The minimum absolute atomic E-state index is 0.0806. The second kappa shape index (κ2) is 7.37. The van der Waals surface area contributed by atoms with Crippen molar-refractivity contribution in [3.8, 4) is 0 Å². The zero-order valence-corrected chi connectivity index (χ0v) is 15.6. The Hall–Kier alpha value is -2.19. The number of aromatic nitrogens is 4. The SMILES string of the molecule is Cc1ccnn1CC(=O)Nc1nn(Cc2c(F)cccc2Cl)cc1Br. The van der Waals surface area contributed by atoms with Gasteiger partial charge < -0.3 is 5.32 Å². The van der Waals surface area contributed by atoms with Crippen LogP contribution in [-0.4, -0.2) is 25.5 Å². The number of halogens is 3. The van der Waals surface area contributed by atoms with Crippen LogP contribution in [0.4, 0.5) is 10.2 Å². The molecule has 0 bridgehead atoms. The largest absolute Gasteiger partial charge is 0.307 e. The van der Waals surface area contributed by atoms with E-state index in [-0.39, 0.29) is 19.0 Å². The first-order valence-electron chi connectivity index (χ1n) is 7.38. The molecule has 1 aromatic carbocycles. The molecule has 3 aromatic rings. The highest BCUT2D eigenvalue weighted by molar-refractivity contribution is 9.10. The molecule has 0 atom stereocenters. The Kier molecular flexibility index (Phi) is 5.19. The Labute approximate surface area is 156 Å². The fraction of sp³-hybridized carbons (Fsp3) is 0.188. The van der Waals surface area contributed by atoms with E-state index in [0.717, 1.165) is 5.69 Å². The van der Waals surface area contributed by atoms with Gasteiger partial charge in [0.2, 0.25) is 5.91 Å². The molecule has 0 saturated heterocycles. The van der Waals surface area contributed by atoms with Crippen LogP contribution in [0.2, 0.25) is 5.02 Å². The first kappa shape index (κ1) is 17.6. The Morgan fingerprint density at radius 3 is 2.88 bits per heavy atom. The molecule has 2 heterocycles. The van der Waals surface area contributed by atoms with Crippen LogP contribution in [0.25, 0.3) is 0 Å². The van der Waals surface area contributed by atoms with Crippen molar-refractivity contribution >= 4 is 39.3 Å². The van der Waals surface area contributed by atoms with E-state index in [0.29, 0.717) is 20.9 Å². The molecule has 2 aromatic heterocycles.